The van der Waals surface area contributed by atoms with Crippen LogP contribution in [0.5, 0.6) is 5.75 Å². The Bertz CT molecular complexity index is 694. The van der Waals surface area contributed by atoms with Gasteiger partial charge >= 0.3 is 0 Å². The van der Waals surface area contributed by atoms with E-state index in [0.717, 1.165) is 19.4 Å². The molecule has 2 aromatic rings. The Morgan fingerprint density at radius 1 is 1.38 bits per heavy atom. The van der Waals surface area contributed by atoms with Gasteiger partial charge in [-0.2, -0.15) is 5.10 Å². The van der Waals surface area contributed by atoms with Gasteiger partial charge in [0, 0.05) is 19.3 Å². The van der Waals surface area contributed by atoms with Gasteiger partial charge in [0.2, 0.25) is 0 Å². The fourth-order valence-corrected chi connectivity index (χ4v) is 2.91. The molecular formula is C16H17Cl2N3O3. The predicted octanol–water partition coefficient (Wildman–Crippen LogP) is 3.14. The van der Waals surface area contributed by atoms with E-state index in [9.17, 15) is 4.79 Å². The number of carbonyl (C=O) groups is 1. The number of ether oxygens (including phenoxy) is 2. The number of hydrogen-bond donors (Lipinski definition) is 1. The molecule has 0 bridgehead atoms. The van der Waals surface area contributed by atoms with Gasteiger partial charge in [-0.25, -0.2) is 4.68 Å². The Morgan fingerprint density at radius 3 is 2.88 bits per heavy atom. The van der Waals surface area contributed by atoms with Gasteiger partial charge in [-0.15, -0.1) is 0 Å². The van der Waals surface area contributed by atoms with Crippen molar-refractivity contribution in [1.82, 2.24) is 15.1 Å². The SMILES string of the molecule is O=C(NCC1CCCO1)c1ccn(COc2c(Cl)cccc2Cl)n1. The Hall–Kier alpha value is -1.76. The van der Waals surface area contributed by atoms with Crippen molar-refractivity contribution < 1.29 is 14.3 Å². The molecule has 1 aliphatic rings. The molecule has 1 amide bonds. The quantitative estimate of drug-likeness (QED) is 0.849. The molecule has 1 fully saturated rings. The number of carbonyl (C=O) groups excluding carboxylic acids is 1. The van der Waals surface area contributed by atoms with E-state index < -0.39 is 0 Å². The molecular weight excluding hydrogens is 353 g/mol. The number of benzene rings is 1. The topological polar surface area (TPSA) is 65.4 Å². The first kappa shape index (κ1) is 17.1. The van der Waals surface area contributed by atoms with E-state index in [2.05, 4.69) is 10.4 Å². The summed E-state index contributed by atoms with van der Waals surface area (Å²) in [5.74, 6) is 0.153. The number of para-hydroxylation sites is 1. The minimum atomic E-state index is -0.236. The summed E-state index contributed by atoms with van der Waals surface area (Å²) in [5, 5.41) is 7.85. The van der Waals surface area contributed by atoms with Crippen molar-refractivity contribution in [3.8, 4) is 5.75 Å². The molecule has 6 nitrogen and oxygen atoms in total. The largest absolute Gasteiger partial charge is 0.468 e. The zero-order chi connectivity index (χ0) is 16.9. The van der Waals surface area contributed by atoms with Crippen LogP contribution in [0.25, 0.3) is 0 Å². The van der Waals surface area contributed by atoms with Crippen LogP contribution in [-0.4, -0.2) is 34.9 Å². The van der Waals surface area contributed by atoms with E-state index in [4.69, 9.17) is 32.7 Å². The minimum absolute atomic E-state index is 0.0988. The highest BCUT2D eigenvalue weighted by Crippen LogP contribution is 2.32. The van der Waals surface area contributed by atoms with Gasteiger partial charge in [0.1, 0.15) is 5.69 Å². The summed E-state index contributed by atoms with van der Waals surface area (Å²) in [6, 6.07) is 6.75. The number of nitrogens with zero attached hydrogens (tertiary/aromatic N) is 2. The smallest absolute Gasteiger partial charge is 0.271 e. The molecule has 3 rings (SSSR count). The van der Waals surface area contributed by atoms with E-state index in [0.29, 0.717) is 28.0 Å². The van der Waals surface area contributed by atoms with Crippen LogP contribution in [0.1, 0.15) is 23.3 Å². The fourth-order valence-electron chi connectivity index (χ4n) is 2.41. The second kappa shape index (κ2) is 7.88. The van der Waals surface area contributed by atoms with Gasteiger partial charge in [-0.1, -0.05) is 29.3 Å². The van der Waals surface area contributed by atoms with Crippen LogP contribution in [0.2, 0.25) is 10.0 Å². The molecule has 2 heterocycles. The first-order chi connectivity index (χ1) is 11.6. The van der Waals surface area contributed by atoms with E-state index in [1.807, 2.05) is 0 Å². The predicted molar refractivity (Wildman–Crippen MR) is 90.6 cm³/mol. The van der Waals surface area contributed by atoms with Gasteiger partial charge in [-0.05, 0) is 31.0 Å². The third-order valence-corrected chi connectivity index (χ3v) is 4.24. The average molecular weight is 370 g/mol. The lowest BCUT2D eigenvalue weighted by Crippen LogP contribution is -2.32. The molecule has 0 radical (unpaired) electrons. The lowest BCUT2D eigenvalue weighted by atomic mass is 10.2. The zero-order valence-corrected chi connectivity index (χ0v) is 14.4. The Labute approximate surface area is 149 Å². The second-order valence-electron chi connectivity index (χ2n) is 5.41. The molecule has 128 valence electrons. The number of halogens is 2. The first-order valence-electron chi connectivity index (χ1n) is 7.63. The summed E-state index contributed by atoms with van der Waals surface area (Å²) >= 11 is 12.1. The number of aromatic nitrogens is 2. The van der Waals surface area contributed by atoms with Crippen LogP contribution in [0.4, 0.5) is 0 Å². The van der Waals surface area contributed by atoms with Crippen LogP contribution in [-0.2, 0) is 11.5 Å². The van der Waals surface area contributed by atoms with Crippen LogP contribution < -0.4 is 10.1 Å². The van der Waals surface area contributed by atoms with E-state index in [-0.39, 0.29) is 18.7 Å². The van der Waals surface area contributed by atoms with Gasteiger partial charge in [0.25, 0.3) is 5.91 Å². The van der Waals surface area contributed by atoms with Crippen molar-refractivity contribution in [2.45, 2.75) is 25.7 Å². The lowest BCUT2D eigenvalue weighted by molar-refractivity contribution is 0.0852. The number of hydrogen-bond acceptors (Lipinski definition) is 4. The third-order valence-electron chi connectivity index (χ3n) is 3.65. The van der Waals surface area contributed by atoms with Crippen LogP contribution in [0, 0.1) is 0 Å². The van der Waals surface area contributed by atoms with Crippen molar-refractivity contribution in [2.24, 2.45) is 0 Å². The summed E-state index contributed by atoms with van der Waals surface area (Å²) in [6.07, 6.45) is 3.77. The van der Waals surface area contributed by atoms with Gasteiger partial charge < -0.3 is 14.8 Å². The van der Waals surface area contributed by atoms with Crippen molar-refractivity contribution in [2.75, 3.05) is 13.2 Å². The molecule has 8 heteroatoms. The maximum Gasteiger partial charge on any atom is 0.271 e. The summed E-state index contributed by atoms with van der Waals surface area (Å²) in [6.45, 7) is 1.36. The first-order valence-corrected chi connectivity index (χ1v) is 8.39. The highest BCUT2D eigenvalue weighted by molar-refractivity contribution is 6.37. The molecule has 1 aromatic carbocycles. The number of nitrogens with one attached hydrogen (secondary N) is 1. The summed E-state index contributed by atoms with van der Waals surface area (Å²) in [5.41, 5.74) is 0.321. The van der Waals surface area contributed by atoms with Gasteiger partial charge in [-0.3, -0.25) is 4.79 Å². The second-order valence-corrected chi connectivity index (χ2v) is 6.22. The zero-order valence-electron chi connectivity index (χ0n) is 12.9. The maximum absolute atomic E-state index is 12.1. The highest BCUT2D eigenvalue weighted by atomic mass is 35.5. The summed E-state index contributed by atoms with van der Waals surface area (Å²) in [4.78, 5) is 12.1. The molecule has 1 aromatic heterocycles. The Balaban J connectivity index is 1.54. The minimum Gasteiger partial charge on any atom is -0.468 e. The van der Waals surface area contributed by atoms with E-state index in [1.54, 1.807) is 30.5 Å². The summed E-state index contributed by atoms with van der Waals surface area (Å²) in [7, 11) is 0. The van der Waals surface area contributed by atoms with Crippen molar-refractivity contribution in [1.29, 1.82) is 0 Å². The lowest BCUT2D eigenvalue weighted by Gasteiger charge is -2.10. The average Bonchev–Trinajstić information content (AvgIpc) is 3.24. The van der Waals surface area contributed by atoms with E-state index >= 15 is 0 Å². The van der Waals surface area contributed by atoms with Crippen LogP contribution in [0.15, 0.2) is 30.5 Å². The van der Waals surface area contributed by atoms with E-state index in [1.165, 1.54) is 4.68 Å². The van der Waals surface area contributed by atoms with Crippen molar-refractivity contribution in [3.05, 3.63) is 46.2 Å². The van der Waals surface area contributed by atoms with Crippen molar-refractivity contribution in [3.63, 3.8) is 0 Å². The molecule has 1 N–H and O–H groups in total. The molecule has 0 aliphatic carbocycles. The normalized spacial score (nSPS) is 17.0. The van der Waals surface area contributed by atoms with Gasteiger partial charge in [0.05, 0.1) is 16.1 Å². The molecule has 1 atom stereocenters. The third kappa shape index (κ3) is 4.20. The van der Waals surface area contributed by atoms with Crippen molar-refractivity contribution >= 4 is 29.1 Å². The monoisotopic (exact) mass is 369 g/mol. The molecule has 24 heavy (non-hydrogen) atoms. The molecule has 1 aliphatic heterocycles. The van der Waals surface area contributed by atoms with Crippen LogP contribution >= 0.6 is 23.2 Å². The fraction of sp³-hybridized carbons (Fsp3) is 0.375. The molecule has 0 saturated carbocycles. The molecule has 1 unspecified atom stereocenters. The number of amides is 1. The van der Waals surface area contributed by atoms with Gasteiger partial charge in [0.15, 0.2) is 12.5 Å². The Morgan fingerprint density at radius 2 is 2.17 bits per heavy atom. The maximum atomic E-state index is 12.1. The summed E-state index contributed by atoms with van der Waals surface area (Å²) < 4.78 is 12.5. The highest BCUT2D eigenvalue weighted by Gasteiger charge is 2.17. The number of rotatable bonds is 6. The standard InChI is InChI=1S/C16H17Cl2N3O3/c17-12-4-1-5-13(18)15(12)24-10-21-7-6-14(20-21)16(22)19-9-11-3-2-8-23-11/h1,4-7,11H,2-3,8-10H2,(H,19,22). The molecule has 1 saturated heterocycles. The molecule has 0 spiro atoms. The van der Waals surface area contributed by atoms with Crippen LogP contribution in [0.3, 0.4) is 0 Å². The Kier molecular flexibility index (Phi) is 5.60.